The second-order valence-electron chi connectivity index (χ2n) is 4.34. The van der Waals surface area contributed by atoms with Gasteiger partial charge in [0.25, 0.3) is 0 Å². The topological polar surface area (TPSA) is 12.0 Å². The van der Waals surface area contributed by atoms with E-state index in [4.69, 9.17) is 0 Å². The number of hydrogen-bond donors (Lipinski definition) is 1. The Balaban J connectivity index is 3.06. The molecule has 0 saturated carbocycles. The molecule has 0 saturated heterocycles. The molecule has 0 fully saturated rings. The van der Waals surface area contributed by atoms with Crippen LogP contribution in [0.4, 0.5) is 0 Å². The van der Waals surface area contributed by atoms with Gasteiger partial charge in [-0.1, -0.05) is 48.7 Å². The summed E-state index contributed by atoms with van der Waals surface area (Å²) in [5.74, 6) is 0.706. The zero-order valence-corrected chi connectivity index (χ0v) is 12.3. The van der Waals surface area contributed by atoms with E-state index in [1.807, 2.05) is 0 Å². The van der Waals surface area contributed by atoms with E-state index in [1.165, 1.54) is 28.4 Å². The van der Waals surface area contributed by atoms with Gasteiger partial charge in [0, 0.05) is 10.5 Å². The van der Waals surface area contributed by atoms with Crippen molar-refractivity contribution in [2.24, 2.45) is 5.92 Å². The molecule has 0 spiro atoms. The zero-order valence-electron chi connectivity index (χ0n) is 10.7. The van der Waals surface area contributed by atoms with Gasteiger partial charge in [-0.2, -0.15) is 0 Å². The first-order valence-electron chi connectivity index (χ1n) is 6.07. The quantitative estimate of drug-likeness (QED) is 0.842. The highest BCUT2D eigenvalue weighted by atomic mass is 79.9. The maximum absolute atomic E-state index is 3.56. The third-order valence-electron chi connectivity index (χ3n) is 3.41. The summed E-state index contributed by atoms with van der Waals surface area (Å²) in [6.07, 6.45) is 2.43. The van der Waals surface area contributed by atoms with Crippen LogP contribution < -0.4 is 5.32 Å². The molecule has 16 heavy (non-hydrogen) atoms. The summed E-state index contributed by atoms with van der Waals surface area (Å²) in [7, 11) is 2.06. The lowest BCUT2D eigenvalue weighted by Gasteiger charge is -2.27. The predicted octanol–water partition coefficient (Wildman–Crippen LogP) is 4.45. The van der Waals surface area contributed by atoms with Crippen molar-refractivity contribution >= 4 is 15.9 Å². The molecule has 0 heterocycles. The second-order valence-corrected chi connectivity index (χ2v) is 5.26. The van der Waals surface area contributed by atoms with Crippen LogP contribution in [-0.4, -0.2) is 7.05 Å². The van der Waals surface area contributed by atoms with Crippen molar-refractivity contribution in [3.63, 3.8) is 0 Å². The van der Waals surface area contributed by atoms with E-state index in [1.54, 1.807) is 0 Å². The van der Waals surface area contributed by atoms with Gasteiger partial charge in [0.15, 0.2) is 0 Å². The van der Waals surface area contributed by atoms with Crippen molar-refractivity contribution in [1.82, 2.24) is 5.32 Å². The molecule has 0 radical (unpaired) electrons. The van der Waals surface area contributed by atoms with Crippen LogP contribution in [0.15, 0.2) is 22.7 Å². The molecule has 1 N–H and O–H groups in total. The van der Waals surface area contributed by atoms with Gasteiger partial charge in [-0.15, -0.1) is 0 Å². The highest BCUT2D eigenvalue weighted by Crippen LogP contribution is 2.30. The third-order valence-corrected chi connectivity index (χ3v) is 3.90. The average molecular weight is 284 g/mol. The van der Waals surface area contributed by atoms with Crippen molar-refractivity contribution in [3.05, 3.63) is 33.8 Å². The average Bonchev–Trinajstić information content (AvgIpc) is 2.29. The monoisotopic (exact) mass is 283 g/mol. The van der Waals surface area contributed by atoms with Gasteiger partial charge in [-0.05, 0) is 43.1 Å². The summed E-state index contributed by atoms with van der Waals surface area (Å²) in [5.41, 5.74) is 2.79. The Morgan fingerprint density at radius 3 is 2.38 bits per heavy atom. The van der Waals surface area contributed by atoms with Gasteiger partial charge in [0.05, 0.1) is 0 Å². The highest BCUT2D eigenvalue weighted by molar-refractivity contribution is 9.10. The van der Waals surface area contributed by atoms with Crippen molar-refractivity contribution in [1.29, 1.82) is 0 Å². The molecule has 0 amide bonds. The van der Waals surface area contributed by atoms with Gasteiger partial charge in [-0.3, -0.25) is 0 Å². The molecule has 0 bridgehead atoms. The molecule has 1 nitrogen and oxygen atoms in total. The molecule has 0 aromatic heterocycles. The smallest absolute Gasteiger partial charge is 0.0348 e. The first-order chi connectivity index (χ1) is 7.63. The molecule has 1 unspecified atom stereocenters. The van der Waals surface area contributed by atoms with Crippen molar-refractivity contribution in [2.75, 3.05) is 7.05 Å². The van der Waals surface area contributed by atoms with Crippen LogP contribution in [0.1, 0.15) is 43.9 Å². The lowest BCUT2D eigenvalue weighted by molar-refractivity contribution is 0.358. The maximum atomic E-state index is 3.56. The lowest BCUT2D eigenvalue weighted by atomic mass is 9.87. The summed E-state index contributed by atoms with van der Waals surface area (Å²) >= 11 is 3.56. The van der Waals surface area contributed by atoms with Crippen molar-refractivity contribution < 1.29 is 0 Å². The molecular formula is C14H22BrN. The second kappa shape index (κ2) is 6.41. The van der Waals surface area contributed by atoms with Gasteiger partial charge in [0.1, 0.15) is 0 Å². The fraction of sp³-hybridized carbons (Fsp3) is 0.571. The molecule has 1 atom stereocenters. The lowest BCUT2D eigenvalue weighted by Crippen LogP contribution is -2.25. The summed E-state index contributed by atoms with van der Waals surface area (Å²) in [6.45, 7) is 6.73. The van der Waals surface area contributed by atoms with Crippen molar-refractivity contribution in [2.45, 2.75) is 39.7 Å². The minimum Gasteiger partial charge on any atom is -0.313 e. The summed E-state index contributed by atoms with van der Waals surface area (Å²) in [6, 6.07) is 7.01. The highest BCUT2D eigenvalue weighted by Gasteiger charge is 2.20. The third kappa shape index (κ3) is 3.08. The van der Waals surface area contributed by atoms with E-state index in [0.29, 0.717) is 12.0 Å². The van der Waals surface area contributed by atoms with Crippen LogP contribution in [0.3, 0.4) is 0 Å². The molecule has 0 aliphatic carbocycles. The van der Waals surface area contributed by atoms with Crippen LogP contribution in [-0.2, 0) is 0 Å². The standard InChI is InChI=1S/C14H22BrN/c1-5-11(6-2)14(16-4)13-9-12(15)8-7-10(13)3/h7-9,11,14,16H,5-6H2,1-4H3. The largest absolute Gasteiger partial charge is 0.313 e. The minimum atomic E-state index is 0.465. The van der Waals surface area contributed by atoms with E-state index in [0.717, 1.165) is 0 Å². The van der Waals surface area contributed by atoms with Crippen LogP contribution in [0.25, 0.3) is 0 Å². The van der Waals surface area contributed by atoms with E-state index < -0.39 is 0 Å². The maximum Gasteiger partial charge on any atom is 0.0348 e. The Labute approximate surface area is 108 Å². The molecule has 0 aliphatic heterocycles. The van der Waals surface area contributed by atoms with Crippen LogP contribution in [0.5, 0.6) is 0 Å². The Kier molecular flexibility index (Phi) is 5.50. The van der Waals surface area contributed by atoms with E-state index in [2.05, 4.69) is 67.3 Å². The Morgan fingerprint density at radius 2 is 1.88 bits per heavy atom. The molecule has 0 aliphatic rings. The molecule has 2 heteroatoms. The Morgan fingerprint density at radius 1 is 1.25 bits per heavy atom. The fourth-order valence-corrected chi connectivity index (χ4v) is 2.73. The predicted molar refractivity (Wildman–Crippen MR) is 74.8 cm³/mol. The van der Waals surface area contributed by atoms with E-state index >= 15 is 0 Å². The molecular weight excluding hydrogens is 262 g/mol. The molecule has 90 valence electrons. The Bertz CT molecular complexity index is 332. The fourth-order valence-electron chi connectivity index (χ4n) is 2.35. The molecule has 1 aromatic rings. The Hall–Kier alpha value is -0.340. The van der Waals surface area contributed by atoms with E-state index in [-0.39, 0.29) is 0 Å². The zero-order chi connectivity index (χ0) is 12.1. The van der Waals surface area contributed by atoms with Crippen LogP contribution in [0.2, 0.25) is 0 Å². The van der Waals surface area contributed by atoms with Gasteiger partial charge in [-0.25, -0.2) is 0 Å². The van der Waals surface area contributed by atoms with Gasteiger partial charge < -0.3 is 5.32 Å². The van der Waals surface area contributed by atoms with Crippen LogP contribution >= 0.6 is 15.9 Å². The summed E-state index contributed by atoms with van der Waals surface area (Å²) in [4.78, 5) is 0. The van der Waals surface area contributed by atoms with Gasteiger partial charge in [0.2, 0.25) is 0 Å². The number of benzene rings is 1. The summed E-state index contributed by atoms with van der Waals surface area (Å²) in [5, 5.41) is 3.47. The number of aryl methyl sites for hydroxylation is 1. The molecule has 1 aromatic carbocycles. The normalized spacial score (nSPS) is 13.1. The SMILES string of the molecule is CCC(CC)C(NC)c1cc(Br)ccc1C. The number of nitrogens with one attached hydrogen (secondary N) is 1. The van der Waals surface area contributed by atoms with Crippen LogP contribution in [0, 0.1) is 12.8 Å². The minimum absolute atomic E-state index is 0.465. The first-order valence-corrected chi connectivity index (χ1v) is 6.86. The van der Waals surface area contributed by atoms with Gasteiger partial charge >= 0.3 is 0 Å². The number of halogens is 1. The van der Waals surface area contributed by atoms with Crippen molar-refractivity contribution in [3.8, 4) is 0 Å². The number of hydrogen-bond acceptors (Lipinski definition) is 1. The number of rotatable bonds is 5. The van der Waals surface area contributed by atoms with E-state index in [9.17, 15) is 0 Å². The first kappa shape index (κ1) is 13.7. The summed E-state index contributed by atoms with van der Waals surface area (Å²) < 4.78 is 1.17. The molecule has 1 rings (SSSR count).